The third-order valence-corrected chi connectivity index (χ3v) is 2.93. The maximum Gasteiger partial charge on any atom is 0.306 e. The zero-order valence-corrected chi connectivity index (χ0v) is 14.8. The largest absolute Gasteiger partial charge is 0.462 e. The lowest BCUT2D eigenvalue weighted by Gasteiger charge is -2.18. The van der Waals surface area contributed by atoms with E-state index in [1.165, 1.54) is 0 Å². The van der Waals surface area contributed by atoms with Gasteiger partial charge in [0.15, 0.2) is 6.08 Å². The molecule has 0 aliphatic heterocycles. The van der Waals surface area contributed by atoms with E-state index in [9.17, 15) is 14.4 Å². The van der Waals surface area contributed by atoms with Gasteiger partial charge in [0, 0.05) is 19.3 Å². The van der Waals surface area contributed by atoms with Crippen molar-refractivity contribution in [1.29, 1.82) is 0 Å². The van der Waals surface area contributed by atoms with Gasteiger partial charge in [0.1, 0.15) is 13.1 Å². The number of rotatable bonds is 14. The molecular formula is C18H32O6. The van der Waals surface area contributed by atoms with Crippen LogP contribution < -0.4 is 0 Å². The maximum atomic E-state index is 12.1. The van der Waals surface area contributed by atoms with Gasteiger partial charge in [-0.3, -0.25) is 14.4 Å². The molecule has 0 spiro atoms. The van der Waals surface area contributed by atoms with Gasteiger partial charge in [-0.2, -0.15) is 0 Å². The number of hydrogen-bond donors (Lipinski definition) is 0. The summed E-state index contributed by atoms with van der Waals surface area (Å²) in [6, 6.07) is 0. The fourth-order valence-corrected chi connectivity index (χ4v) is 1.50. The number of carbonyl (C=O) groups is 3. The van der Waals surface area contributed by atoms with Crippen LogP contribution in [-0.4, -0.2) is 37.1 Å². The molecule has 0 heterocycles. The SMILES string of the molecule is [2H]C([2H])(OC(=O)CCCC)C([2H])(OC(=O)CCCC)C([2H])([2H])OC(=O)CCCC. The Labute approximate surface area is 152 Å². The molecule has 6 heteroatoms. The summed E-state index contributed by atoms with van der Waals surface area (Å²) < 4.78 is 54.3. The van der Waals surface area contributed by atoms with E-state index in [2.05, 4.69) is 9.47 Å². The van der Waals surface area contributed by atoms with E-state index in [0.29, 0.717) is 38.5 Å². The Morgan fingerprint density at radius 1 is 0.792 bits per heavy atom. The summed E-state index contributed by atoms with van der Waals surface area (Å²) in [5.41, 5.74) is 0. The predicted molar refractivity (Wildman–Crippen MR) is 90.4 cm³/mol. The summed E-state index contributed by atoms with van der Waals surface area (Å²) >= 11 is 0. The highest BCUT2D eigenvalue weighted by Crippen LogP contribution is 2.05. The van der Waals surface area contributed by atoms with Gasteiger partial charge in [0.05, 0.1) is 6.85 Å². The highest BCUT2D eigenvalue weighted by molar-refractivity contribution is 5.71. The minimum absolute atomic E-state index is 0.158. The first-order valence-corrected chi connectivity index (χ1v) is 8.52. The Morgan fingerprint density at radius 3 is 1.54 bits per heavy atom. The second-order valence-corrected chi connectivity index (χ2v) is 5.27. The first-order chi connectivity index (χ1) is 13.4. The summed E-state index contributed by atoms with van der Waals surface area (Å²) in [5, 5.41) is 0. The van der Waals surface area contributed by atoms with Gasteiger partial charge in [-0.1, -0.05) is 40.0 Å². The molecule has 0 aliphatic carbocycles. The third-order valence-electron chi connectivity index (χ3n) is 2.93. The maximum absolute atomic E-state index is 12.1. The Balaban J connectivity index is 5.75. The van der Waals surface area contributed by atoms with Crippen molar-refractivity contribution in [3.63, 3.8) is 0 Å². The smallest absolute Gasteiger partial charge is 0.306 e. The molecule has 0 amide bonds. The Hall–Kier alpha value is -1.59. The average Bonchev–Trinajstić information content (AvgIpc) is 2.61. The second kappa shape index (κ2) is 15.0. The van der Waals surface area contributed by atoms with Gasteiger partial charge in [0.2, 0.25) is 0 Å². The lowest BCUT2D eigenvalue weighted by atomic mass is 10.2. The molecule has 0 aromatic heterocycles. The lowest BCUT2D eigenvalue weighted by molar-refractivity contribution is -0.167. The van der Waals surface area contributed by atoms with Crippen LogP contribution in [0.2, 0.25) is 0 Å². The number of carbonyl (C=O) groups excluding carboxylic acids is 3. The zero-order valence-electron chi connectivity index (χ0n) is 19.8. The number of esters is 3. The van der Waals surface area contributed by atoms with Crippen molar-refractivity contribution in [1.82, 2.24) is 0 Å². The highest BCUT2D eigenvalue weighted by atomic mass is 16.6. The van der Waals surface area contributed by atoms with E-state index in [1.54, 1.807) is 20.8 Å². The van der Waals surface area contributed by atoms with Crippen LogP contribution in [0.4, 0.5) is 0 Å². The molecule has 0 radical (unpaired) electrons. The fourth-order valence-electron chi connectivity index (χ4n) is 1.50. The van der Waals surface area contributed by atoms with Crippen molar-refractivity contribution in [2.75, 3.05) is 13.1 Å². The Morgan fingerprint density at radius 2 is 1.17 bits per heavy atom. The number of hydrogen-bond acceptors (Lipinski definition) is 6. The topological polar surface area (TPSA) is 78.9 Å². The molecule has 0 N–H and O–H groups in total. The molecule has 0 rings (SSSR count). The van der Waals surface area contributed by atoms with Crippen molar-refractivity contribution in [3.05, 3.63) is 0 Å². The van der Waals surface area contributed by atoms with Crippen LogP contribution in [-0.2, 0) is 28.6 Å². The molecule has 24 heavy (non-hydrogen) atoms. The highest BCUT2D eigenvalue weighted by Gasteiger charge is 2.19. The van der Waals surface area contributed by atoms with Crippen LogP contribution in [0.1, 0.15) is 85.4 Å². The van der Waals surface area contributed by atoms with Crippen molar-refractivity contribution in [3.8, 4) is 0 Å². The van der Waals surface area contributed by atoms with Crippen LogP contribution in [0.3, 0.4) is 0 Å². The third kappa shape index (κ3) is 12.9. The summed E-state index contributed by atoms with van der Waals surface area (Å²) in [7, 11) is 0. The van der Waals surface area contributed by atoms with Crippen molar-refractivity contribution in [2.45, 2.75) is 84.6 Å². The van der Waals surface area contributed by atoms with Crippen LogP contribution in [0, 0.1) is 0 Å². The number of unbranched alkanes of at least 4 members (excludes halogenated alkanes) is 3. The summed E-state index contributed by atoms with van der Waals surface area (Å²) in [4.78, 5) is 35.9. The standard InChI is InChI=1S/C18H32O6/c1-4-7-10-16(19)22-13-15(24-18(21)12-9-6-3)14-23-17(20)11-8-5-2/h15H,4-14H2,1-3H3/i13D2,14D2,15D. The summed E-state index contributed by atoms with van der Waals surface area (Å²) in [6.07, 6.45) is -0.927. The van der Waals surface area contributed by atoms with Gasteiger partial charge in [0.25, 0.3) is 0 Å². The van der Waals surface area contributed by atoms with E-state index in [-0.39, 0.29) is 19.3 Å². The van der Waals surface area contributed by atoms with Crippen LogP contribution in [0.5, 0.6) is 0 Å². The molecule has 6 nitrogen and oxygen atoms in total. The molecular weight excluding hydrogens is 312 g/mol. The summed E-state index contributed by atoms with van der Waals surface area (Å²) in [6.45, 7) is -1.41. The Bertz CT molecular complexity index is 519. The lowest BCUT2D eigenvalue weighted by Crippen LogP contribution is -2.30. The average molecular weight is 349 g/mol. The van der Waals surface area contributed by atoms with Gasteiger partial charge < -0.3 is 14.2 Å². The molecule has 0 atom stereocenters. The molecule has 0 aliphatic rings. The van der Waals surface area contributed by atoms with E-state index in [0.717, 1.165) is 0 Å². The Kier molecular flexibility index (Phi) is 9.19. The van der Waals surface area contributed by atoms with Crippen LogP contribution >= 0.6 is 0 Å². The van der Waals surface area contributed by atoms with Crippen molar-refractivity contribution < 1.29 is 35.4 Å². The van der Waals surface area contributed by atoms with Crippen molar-refractivity contribution >= 4 is 17.9 Å². The molecule has 140 valence electrons. The van der Waals surface area contributed by atoms with Gasteiger partial charge in [-0.05, 0) is 19.3 Å². The molecule has 0 fully saturated rings. The zero-order chi connectivity index (χ0) is 22.7. The van der Waals surface area contributed by atoms with Crippen LogP contribution in [0.15, 0.2) is 0 Å². The molecule has 0 unspecified atom stereocenters. The predicted octanol–water partition coefficient (Wildman–Crippen LogP) is 3.56. The van der Waals surface area contributed by atoms with Gasteiger partial charge in [-0.15, -0.1) is 0 Å². The minimum atomic E-state index is -3.45. The number of ether oxygens (including phenoxy) is 3. The fraction of sp³-hybridized carbons (Fsp3) is 0.833. The molecule has 0 aromatic rings. The van der Waals surface area contributed by atoms with E-state index in [4.69, 9.17) is 11.6 Å². The molecule has 0 aromatic carbocycles. The van der Waals surface area contributed by atoms with Crippen LogP contribution in [0.25, 0.3) is 0 Å². The monoisotopic (exact) mass is 349 g/mol. The molecule has 0 saturated heterocycles. The van der Waals surface area contributed by atoms with Gasteiger partial charge in [-0.25, -0.2) is 0 Å². The quantitative estimate of drug-likeness (QED) is 0.352. The second-order valence-electron chi connectivity index (χ2n) is 5.27. The minimum Gasteiger partial charge on any atom is -0.462 e. The first-order valence-electron chi connectivity index (χ1n) is 11.0. The van der Waals surface area contributed by atoms with E-state index < -0.39 is 37.1 Å². The molecule has 0 bridgehead atoms. The van der Waals surface area contributed by atoms with E-state index in [1.807, 2.05) is 0 Å². The van der Waals surface area contributed by atoms with E-state index >= 15 is 0 Å². The molecule has 0 saturated carbocycles. The normalized spacial score (nSPS) is 15.2. The first kappa shape index (κ1) is 14.7. The van der Waals surface area contributed by atoms with Gasteiger partial charge >= 0.3 is 17.9 Å². The van der Waals surface area contributed by atoms with Crippen molar-refractivity contribution in [2.24, 2.45) is 0 Å². The summed E-state index contributed by atoms with van der Waals surface area (Å²) in [5.74, 6) is -3.11.